The average Bonchev–Trinajstić information content (AvgIpc) is 3.47. The number of amides is 2. The van der Waals surface area contributed by atoms with Crippen molar-refractivity contribution in [1.29, 1.82) is 0 Å². The summed E-state index contributed by atoms with van der Waals surface area (Å²) in [5.41, 5.74) is 13.7. The van der Waals surface area contributed by atoms with E-state index in [1.54, 1.807) is 25.3 Å². The second-order valence-corrected chi connectivity index (χ2v) is 13.3. The number of nitrogens with zero attached hydrogens (tertiary/aromatic N) is 5. The molecule has 1 aliphatic heterocycles. The SMILES string of the molecule is COc1cc(C(=O)N2CC3CCC2[C@@H]3N)cc2nc(-c3cc4ccc(-c5ccc(C(N)=O)c(C(F)(F)F)c5)nc4n3CC3CC3)n(C)c12. The molecule has 0 spiro atoms. The normalized spacial score (nSPS) is 20.7. The Morgan fingerprint density at radius 3 is 2.46 bits per heavy atom. The van der Waals surface area contributed by atoms with Gasteiger partial charge in [0.15, 0.2) is 5.82 Å². The van der Waals surface area contributed by atoms with Crippen LogP contribution in [-0.4, -0.2) is 61.6 Å². The van der Waals surface area contributed by atoms with E-state index in [0.717, 1.165) is 54.4 Å². The van der Waals surface area contributed by atoms with E-state index in [4.69, 9.17) is 26.2 Å². The standard InChI is InChI=1S/C35H34F3N7O3/c1-43-30-25(12-21(14-28(30)48-2)34(47)45-16-20-7-10-26(45)29(20)39)42-33(43)27-13-19-6-9-24(41-32(19)44(27)15-17-3-4-17)18-5-8-22(31(40)46)23(11-18)35(36,37)38/h5-6,8-9,11-14,17,20,26,29H,3-4,7,10,15-16,39H2,1-2H3,(H2,40,46)/t20?,26?,29-/m1/s1. The number of hydrogen-bond donors (Lipinski definition) is 2. The second-order valence-electron chi connectivity index (χ2n) is 13.3. The molecular formula is C35H34F3N7O3. The van der Waals surface area contributed by atoms with Gasteiger partial charge < -0.3 is 30.2 Å². The summed E-state index contributed by atoms with van der Waals surface area (Å²) in [6.07, 6.45) is -0.689. The molecule has 10 nitrogen and oxygen atoms in total. The summed E-state index contributed by atoms with van der Waals surface area (Å²) in [5, 5.41) is 0.800. The van der Waals surface area contributed by atoms with Gasteiger partial charge in [-0.1, -0.05) is 6.07 Å². The molecule has 8 rings (SSSR count). The Balaban J connectivity index is 1.23. The van der Waals surface area contributed by atoms with Crippen molar-refractivity contribution in [3.05, 3.63) is 65.2 Å². The number of aromatic nitrogens is 4. The third kappa shape index (κ3) is 4.82. The number of rotatable bonds is 7. The molecule has 2 aromatic carbocycles. The molecular weight excluding hydrogens is 623 g/mol. The lowest BCUT2D eigenvalue weighted by Crippen LogP contribution is -2.41. The van der Waals surface area contributed by atoms with Crippen molar-refractivity contribution in [2.75, 3.05) is 13.7 Å². The number of alkyl halides is 3. The fraction of sp³-hybridized carbons (Fsp3) is 0.371. The lowest BCUT2D eigenvalue weighted by atomic mass is 10.0. The predicted octanol–water partition coefficient (Wildman–Crippen LogP) is 5.36. The summed E-state index contributed by atoms with van der Waals surface area (Å²) in [6, 6.07) is 12.5. The van der Waals surface area contributed by atoms with Gasteiger partial charge in [0.25, 0.3) is 5.91 Å². The number of carbonyl (C=O) groups is 2. The van der Waals surface area contributed by atoms with E-state index in [9.17, 15) is 22.8 Å². The Kier molecular flexibility index (Phi) is 6.85. The number of carbonyl (C=O) groups excluding carboxylic acids is 2. The molecule has 4 N–H and O–H groups in total. The minimum absolute atomic E-state index is 0.00439. The molecule has 2 unspecified atom stereocenters. The van der Waals surface area contributed by atoms with E-state index in [2.05, 4.69) is 4.57 Å². The van der Waals surface area contributed by atoms with Crippen molar-refractivity contribution in [1.82, 2.24) is 24.0 Å². The monoisotopic (exact) mass is 657 g/mol. The number of likely N-dealkylation sites (tertiary alicyclic amines) is 1. The van der Waals surface area contributed by atoms with Gasteiger partial charge in [-0.15, -0.1) is 0 Å². The Bertz CT molecular complexity index is 2150. The molecule has 2 amide bonds. The Morgan fingerprint density at radius 2 is 1.81 bits per heavy atom. The smallest absolute Gasteiger partial charge is 0.417 e. The Labute approximate surface area is 273 Å². The van der Waals surface area contributed by atoms with Crippen molar-refractivity contribution in [2.24, 2.45) is 30.4 Å². The van der Waals surface area contributed by atoms with Gasteiger partial charge in [0.2, 0.25) is 5.91 Å². The number of ether oxygens (including phenoxy) is 1. The van der Waals surface area contributed by atoms with Crippen LogP contribution in [0, 0.1) is 11.8 Å². The van der Waals surface area contributed by atoms with Crippen molar-refractivity contribution < 1.29 is 27.5 Å². The number of piperidine rings is 1. The summed E-state index contributed by atoms with van der Waals surface area (Å²) in [6.45, 7) is 1.31. The number of benzene rings is 2. The van der Waals surface area contributed by atoms with Gasteiger partial charge in [0.05, 0.1) is 35.1 Å². The summed E-state index contributed by atoms with van der Waals surface area (Å²) < 4.78 is 51.4. The third-order valence-corrected chi connectivity index (χ3v) is 10.3. The molecule has 4 heterocycles. The zero-order chi connectivity index (χ0) is 33.6. The highest BCUT2D eigenvalue weighted by Gasteiger charge is 2.47. The first-order valence-electron chi connectivity index (χ1n) is 16.1. The average molecular weight is 658 g/mol. The molecule has 3 atom stereocenters. The van der Waals surface area contributed by atoms with Gasteiger partial charge >= 0.3 is 6.18 Å². The minimum Gasteiger partial charge on any atom is -0.494 e. The summed E-state index contributed by atoms with van der Waals surface area (Å²) in [5.74, 6) is 0.698. The highest BCUT2D eigenvalue weighted by Crippen LogP contribution is 2.41. The topological polar surface area (TPSA) is 134 Å². The predicted molar refractivity (Wildman–Crippen MR) is 173 cm³/mol. The maximum atomic E-state index is 13.9. The molecule has 1 saturated heterocycles. The first-order chi connectivity index (χ1) is 22.9. The maximum Gasteiger partial charge on any atom is 0.417 e. The summed E-state index contributed by atoms with van der Waals surface area (Å²) >= 11 is 0. The van der Waals surface area contributed by atoms with E-state index in [-0.39, 0.29) is 23.6 Å². The summed E-state index contributed by atoms with van der Waals surface area (Å²) in [7, 11) is 3.46. The molecule has 5 aromatic rings. The number of hydrogen-bond acceptors (Lipinski definition) is 6. The fourth-order valence-electron chi connectivity index (χ4n) is 7.64. The number of fused-ring (bicyclic) bond motifs is 4. The Morgan fingerprint density at radius 1 is 1.02 bits per heavy atom. The third-order valence-electron chi connectivity index (χ3n) is 10.3. The van der Waals surface area contributed by atoms with E-state index < -0.39 is 23.2 Å². The quantitative estimate of drug-likeness (QED) is 0.242. The molecule has 248 valence electrons. The van der Waals surface area contributed by atoms with Gasteiger partial charge in [0, 0.05) is 48.7 Å². The molecule has 3 aromatic heterocycles. The first kappa shape index (κ1) is 30.4. The van der Waals surface area contributed by atoms with Crippen molar-refractivity contribution in [2.45, 2.75) is 50.5 Å². The van der Waals surface area contributed by atoms with E-state index >= 15 is 0 Å². The molecule has 2 bridgehead atoms. The van der Waals surface area contributed by atoms with Crippen LogP contribution >= 0.6 is 0 Å². The maximum absolute atomic E-state index is 13.9. The Hall–Kier alpha value is -4.91. The lowest BCUT2D eigenvalue weighted by Gasteiger charge is -2.27. The fourth-order valence-corrected chi connectivity index (χ4v) is 7.64. The minimum atomic E-state index is -4.77. The van der Waals surface area contributed by atoms with Gasteiger partial charge in [-0.25, -0.2) is 9.97 Å². The van der Waals surface area contributed by atoms with Crippen LogP contribution in [0.5, 0.6) is 5.75 Å². The van der Waals surface area contributed by atoms with Crippen LogP contribution in [0.2, 0.25) is 0 Å². The van der Waals surface area contributed by atoms with Crippen LogP contribution < -0.4 is 16.2 Å². The van der Waals surface area contributed by atoms with Crippen molar-refractivity contribution in [3.8, 4) is 28.5 Å². The summed E-state index contributed by atoms with van der Waals surface area (Å²) in [4.78, 5) is 37.2. The lowest BCUT2D eigenvalue weighted by molar-refractivity contribution is -0.137. The van der Waals surface area contributed by atoms with Crippen LogP contribution in [0.25, 0.3) is 44.8 Å². The van der Waals surface area contributed by atoms with Gasteiger partial charge in [-0.3, -0.25) is 9.59 Å². The van der Waals surface area contributed by atoms with Crippen molar-refractivity contribution in [3.63, 3.8) is 0 Å². The van der Waals surface area contributed by atoms with Gasteiger partial charge in [0.1, 0.15) is 16.9 Å². The number of methoxy groups -OCH3 is 1. The van der Waals surface area contributed by atoms with Crippen molar-refractivity contribution >= 4 is 33.9 Å². The molecule has 3 aliphatic rings. The van der Waals surface area contributed by atoms with Crippen LogP contribution in [0.1, 0.15) is 52.0 Å². The number of pyridine rings is 1. The molecule has 3 fully saturated rings. The van der Waals surface area contributed by atoms with Gasteiger partial charge in [-0.2, -0.15) is 13.2 Å². The van der Waals surface area contributed by atoms with E-state index in [1.165, 1.54) is 6.07 Å². The van der Waals surface area contributed by atoms with Crippen LogP contribution in [0.15, 0.2) is 48.5 Å². The second kappa shape index (κ2) is 10.8. The van der Waals surface area contributed by atoms with Crippen LogP contribution in [0.3, 0.4) is 0 Å². The first-order valence-corrected chi connectivity index (χ1v) is 16.1. The van der Waals surface area contributed by atoms with E-state index in [1.807, 2.05) is 28.6 Å². The van der Waals surface area contributed by atoms with Crippen LogP contribution in [-0.2, 0) is 19.8 Å². The molecule has 2 aliphatic carbocycles. The molecule has 2 saturated carbocycles. The molecule has 0 radical (unpaired) electrons. The highest BCUT2D eigenvalue weighted by molar-refractivity contribution is 6.00. The van der Waals surface area contributed by atoms with E-state index in [0.29, 0.717) is 58.9 Å². The molecule has 13 heteroatoms. The number of aryl methyl sites for hydroxylation is 1. The number of imidazole rings is 1. The van der Waals surface area contributed by atoms with Gasteiger partial charge in [-0.05, 0) is 80.0 Å². The highest BCUT2D eigenvalue weighted by atomic mass is 19.4. The zero-order valence-corrected chi connectivity index (χ0v) is 26.4. The number of primary amides is 1. The molecule has 48 heavy (non-hydrogen) atoms. The number of halogens is 3. The number of nitrogens with two attached hydrogens (primary N) is 2. The van der Waals surface area contributed by atoms with Crippen LogP contribution in [0.4, 0.5) is 13.2 Å². The zero-order valence-electron chi connectivity index (χ0n) is 26.4. The largest absolute Gasteiger partial charge is 0.494 e.